The number of halogens is 2. The number of aromatic nitrogens is 4. The lowest BCUT2D eigenvalue weighted by atomic mass is 10.0. The average molecular weight is 438 g/mol. The topological polar surface area (TPSA) is 83.8 Å². The Kier molecular flexibility index (Phi) is 5.56. The third-order valence-corrected chi connectivity index (χ3v) is 5.27. The first-order valence-corrected chi connectivity index (χ1v) is 10.1. The molecule has 1 atom stereocenters. The van der Waals surface area contributed by atoms with Gasteiger partial charge in [-0.05, 0) is 44.5 Å². The largest absolute Gasteiger partial charge is 0.382 e. The molecule has 0 spiro atoms. The predicted octanol–water partition coefficient (Wildman–Crippen LogP) is 5.28. The molecule has 0 radical (unpaired) electrons. The summed E-state index contributed by atoms with van der Waals surface area (Å²) in [5, 5.41) is 14.6. The van der Waals surface area contributed by atoms with Gasteiger partial charge in [0.2, 0.25) is 0 Å². The second-order valence-corrected chi connectivity index (χ2v) is 8.24. The fourth-order valence-electron chi connectivity index (χ4n) is 3.32. The summed E-state index contributed by atoms with van der Waals surface area (Å²) < 4.78 is 14.2. The quantitative estimate of drug-likeness (QED) is 0.442. The monoisotopic (exact) mass is 437 g/mol. The summed E-state index contributed by atoms with van der Waals surface area (Å²) in [5.74, 6) is -0.0426. The molecule has 0 aliphatic rings. The van der Waals surface area contributed by atoms with E-state index in [2.05, 4.69) is 25.3 Å². The highest BCUT2D eigenvalue weighted by molar-refractivity contribution is 6.34. The van der Waals surface area contributed by atoms with Crippen LogP contribution < -0.4 is 5.32 Å². The molecule has 0 bridgehead atoms. The van der Waals surface area contributed by atoms with Crippen LogP contribution in [-0.2, 0) is 5.60 Å². The van der Waals surface area contributed by atoms with Crippen LogP contribution in [0.15, 0.2) is 55.2 Å². The van der Waals surface area contributed by atoms with Gasteiger partial charge in [0.1, 0.15) is 11.4 Å². The van der Waals surface area contributed by atoms with Gasteiger partial charge in [-0.3, -0.25) is 9.97 Å². The van der Waals surface area contributed by atoms with Gasteiger partial charge in [0.15, 0.2) is 5.82 Å². The fourth-order valence-corrected chi connectivity index (χ4v) is 3.52. The zero-order valence-electron chi connectivity index (χ0n) is 17.3. The van der Waals surface area contributed by atoms with Gasteiger partial charge in [-0.15, -0.1) is 0 Å². The Balaban J connectivity index is 1.74. The van der Waals surface area contributed by atoms with Gasteiger partial charge in [0.25, 0.3) is 0 Å². The number of fused-ring (bicyclic) bond motifs is 1. The Bertz CT molecular complexity index is 1240. The molecule has 4 rings (SSSR count). The van der Waals surface area contributed by atoms with E-state index in [1.165, 1.54) is 6.20 Å². The number of anilines is 1. The Morgan fingerprint density at radius 2 is 1.77 bits per heavy atom. The molecule has 6 nitrogen and oxygen atoms in total. The summed E-state index contributed by atoms with van der Waals surface area (Å²) in [6.07, 6.45) is 7.65. The number of nitrogens with zero attached hydrogens (tertiary/aromatic N) is 4. The first-order valence-electron chi connectivity index (χ1n) is 9.73. The van der Waals surface area contributed by atoms with Crippen molar-refractivity contribution in [1.82, 2.24) is 19.9 Å². The second-order valence-electron chi connectivity index (χ2n) is 7.83. The standard InChI is InChI=1S/C23H21ClFN5O/c1-13(16-6-7-26-12-19(16)25)30-21-17-8-14(4-5-20(17)27-11-18(21)24)15-9-28-22(29-10-15)23(2,3)31/h4-13,31H,1-3H3,(H,27,30). The number of pyridine rings is 2. The van der Waals surface area contributed by atoms with Crippen molar-refractivity contribution in [2.75, 3.05) is 5.32 Å². The predicted molar refractivity (Wildman–Crippen MR) is 119 cm³/mol. The number of hydrogen-bond acceptors (Lipinski definition) is 6. The number of benzene rings is 1. The van der Waals surface area contributed by atoms with E-state index in [0.717, 1.165) is 22.0 Å². The fraction of sp³-hybridized carbons (Fsp3) is 0.217. The Labute approximate surface area is 184 Å². The van der Waals surface area contributed by atoms with Gasteiger partial charge >= 0.3 is 0 Å². The molecule has 0 saturated carbocycles. The maximum absolute atomic E-state index is 14.2. The summed E-state index contributed by atoms with van der Waals surface area (Å²) in [6.45, 7) is 5.13. The van der Waals surface area contributed by atoms with E-state index in [1.54, 1.807) is 44.7 Å². The molecule has 1 aromatic carbocycles. The molecule has 1 unspecified atom stereocenters. The van der Waals surface area contributed by atoms with E-state index in [9.17, 15) is 9.50 Å². The molecule has 0 amide bonds. The Morgan fingerprint density at radius 1 is 1.03 bits per heavy atom. The van der Waals surface area contributed by atoms with Crippen LogP contribution in [0.1, 0.15) is 38.2 Å². The zero-order valence-corrected chi connectivity index (χ0v) is 18.0. The van der Waals surface area contributed by atoms with Crippen molar-refractivity contribution in [2.45, 2.75) is 32.4 Å². The van der Waals surface area contributed by atoms with E-state index in [1.807, 2.05) is 25.1 Å². The summed E-state index contributed by atoms with van der Waals surface area (Å²) in [5.41, 5.74) is 2.43. The summed E-state index contributed by atoms with van der Waals surface area (Å²) in [6, 6.07) is 7.03. The second kappa shape index (κ2) is 8.17. The molecule has 0 saturated heterocycles. The third kappa shape index (κ3) is 4.33. The molecule has 158 valence electrons. The van der Waals surface area contributed by atoms with Crippen LogP contribution in [0.4, 0.5) is 10.1 Å². The lowest BCUT2D eigenvalue weighted by Crippen LogP contribution is -2.19. The van der Waals surface area contributed by atoms with Crippen molar-refractivity contribution in [2.24, 2.45) is 0 Å². The minimum atomic E-state index is -1.12. The van der Waals surface area contributed by atoms with Crippen molar-refractivity contribution < 1.29 is 9.50 Å². The van der Waals surface area contributed by atoms with E-state index in [-0.39, 0.29) is 11.9 Å². The van der Waals surface area contributed by atoms with Gasteiger partial charge in [0, 0.05) is 41.3 Å². The normalized spacial score (nSPS) is 12.7. The highest BCUT2D eigenvalue weighted by Crippen LogP contribution is 2.35. The zero-order chi connectivity index (χ0) is 22.2. The molecule has 31 heavy (non-hydrogen) atoms. The van der Waals surface area contributed by atoms with Crippen molar-refractivity contribution >= 4 is 28.2 Å². The minimum Gasteiger partial charge on any atom is -0.382 e. The van der Waals surface area contributed by atoms with Crippen LogP contribution >= 0.6 is 11.6 Å². The molecule has 0 aliphatic carbocycles. The Morgan fingerprint density at radius 3 is 2.45 bits per heavy atom. The van der Waals surface area contributed by atoms with Gasteiger partial charge in [-0.2, -0.15) is 0 Å². The number of nitrogens with one attached hydrogen (secondary N) is 1. The minimum absolute atomic E-state index is 0.343. The molecular formula is C23H21ClFN5O. The highest BCUT2D eigenvalue weighted by Gasteiger charge is 2.19. The SMILES string of the molecule is CC(Nc1c(Cl)cnc2ccc(-c3cnc(C(C)(C)O)nc3)cc12)c1ccncc1F. The van der Waals surface area contributed by atoms with Crippen LogP contribution in [0.5, 0.6) is 0 Å². The van der Waals surface area contributed by atoms with Crippen LogP contribution in [0, 0.1) is 5.82 Å². The van der Waals surface area contributed by atoms with Crippen LogP contribution in [0.2, 0.25) is 5.02 Å². The summed E-state index contributed by atoms with van der Waals surface area (Å²) >= 11 is 6.46. The molecule has 3 aromatic heterocycles. The Hall–Kier alpha value is -3.16. The van der Waals surface area contributed by atoms with Gasteiger partial charge in [-0.1, -0.05) is 17.7 Å². The molecular weight excluding hydrogens is 417 g/mol. The molecule has 2 N–H and O–H groups in total. The van der Waals surface area contributed by atoms with Gasteiger partial charge < -0.3 is 10.4 Å². The van der Waals surface area contributed by atoms with E-state index in [4.69, 9.17) is 11.6 Å². The van der Waals surface area contributed by atoms with Crippen molar-refractivity contribution in [1.29, 1.82) is 0 Å². The number of rotatable bonds is 5. The van der Waals surface area contributed by atoms with E-state index in [0.29, 0.717) is 22.1 Å². The lowest BCUT2D eigenvalue weighted by Gasteiger charge is -2.19. The van der Waals surface area contributed by atoms with E-state index < -0.39 is 5.60 Å². The maximum Gasteiger partial charge on any atom is 0.159 e. The highest BCUT2D eigenvalue weighted by atomic mass is 35.5. The molecule has 4 aromatic rings. The van der Waals surface area contributed by atoms with Crippen LogP contribution in [0.25, 0.3) is 22.0 Å². The first kappa shape index (κ1) is 21.1. The molecule has 3 heterocycles. The van der Waals surface area contributed by atoms with Gasteiger partial charge in [-0.25, -0.2) is 14.4 Å². The molecule has 0 aliphatic heterocycles. The van der Waals surface area contributed by atoms with Crippen molar-refractivity contribution in [3.8, 4) is 11.1 Å². The first-order chi connectivity index (χ1) is 14.7. The summed E-state index contributed by atoms with van der Waals surface area (Å²) in [7, 11) is 0. The van der Waals surface area contributed by atoms with Crippen molar-refractivity contribution in [3.05, 3.63) is 77.5 Å². The number of aliphatic hydroxyl groups is 1. The smallest absolute Gasteiger partial charge is 0.159 e. The summed E-state index contributed by atoms with van der Waals surface area (Å²) in [4.78, 5) is 16.8. The van der Waals surface area contributed by atoms with Gasteiger partial charge in [0.05, 0.1) is 28.5 Å². The maximum atomic E-state index is 14.2. The van der Waals surface area contributed by atoms with Crippen molar-refractivity contribution in [3.63, 3.8) is 0 Å². The molecule has 8 heteroatoms. The van der Waals surface area contributed by atoms with Crippen LogP contribution in [0.3, 0.4) is 0 Å². The number of hydrogen-bond donors (Lipinski definition) is 2. The van der Waals surface area contributed by atoms with E-state index >= 15 is 0 Å². The third-order valence-electron chi connectivity index (χ3n) is 4.99. The molecule has 0 fully saturated rings. The lowest BCUT2D eigenvalue weighted by molar-refractivity contribution is 0.0687. The van der Waals surface area contributed by atoms with Crippen LogP contribution in [-0.4, -0.2) is 25.0 Å². The average Bonchev–Trinajstić information content (AvgIpc) is 2.75.